The summed E-state index contributed by atoms with van der Waals surface area (Å²) in [6.07, 6.45) is 0. The van der Waals surface area contributed by atoms with Crippen molar-refractivity contribution >= 4 is 23.2 Å². The van der Waals surface area contributed by atoms with E-state index >= 15 is 0 Å². The van der Waals surface area contributed by atoms with Crippen LogP contribution in [-0.4, -0.2) is 10.1 Å². The van der Waals surface area contributed by atoms with E-state index in [4.69, 9.17) is 28.3 Å². The summed E-state index contributed by atoms with van der Waals surface area (Å²) in [5, 5.41) is 9.99. The molecule has 2 nitrogen and oxygen atoms in total. The average Bonchev–Trinajstić information content (AvgIpc) is 2.33. The number of nitrogens with zero attached hydrogens (tertiary/aromatic N) is 1. The number of hydrogen-bond donors (Lipinski definition) is 1. The molecular formula is C12H9Cl2NO. The van der Waals surface area contributed by atoms with Crippen molar-refractivity contribution in [1.82, 2.24) is 4.98 Å². The molecule has 2 aromatic rings. The second-order valence-corrected chi connectivity index (χ2v) is 4.06. The van der Waals surface area contributed by atoms with Gasteiger partial charge in [-0.2, -0.15) is 0 Å². The Morgan fingerprint density at radius 3 is 2.56 bits per heavy atom. The van der Waals surface area contributed by atoms with Gasteiger partial charge in [0.1, 0.15) is 0 Å². The predicted octanol–water partition coefficient (Wildman–Crippen LogP) is 3.55. The van der Waals surface area contributed by atoms with E-state index in [0.717, 1.165) is 5.56 Å². The molecule has 1 aromatic heterocycles. The van der Waals surface area contributed by atoms with E-state index < -0.39 is 0 Å². The monoisotopic (exact) mass is 253 g/mol. The normalized spacial score (nSPS) is 10.4. The van der Waals surface area contributed by atoms with Gasteiger partial charge in [0, 0.05) is 5.56 Å². The van der Waals surface area contributed by atoms with E-state index in [2.05, 4.69) is 4.98 Å². The third-order valence-corrected chi connectivity index (χ3v) is 3.02. The highest BCUT2D eigenvalue weighted by Gasteiger charge is 2.07. The fourth-order valence-electron chi connectivity index (χ4n) is 1.42. The lowest BCUT2D eigenvalue weighted by Crippen LogP contribution is -1.91. The van der Waals surface area contributed by atoms with Crippen molar-refractivity contribution in [3.05, 3.63) is 52.1 Å². The lowest BCUT2D eigenvalue weighted by atomic mass is 10.1. The molecule has 0 fully saturated rings. The third kappa shape index (κ3) is 2.19. The zero-order valence-electron chi connectivity index (χ0n) is 8.32. The molecule has 0 bridgehead atoms. The Bertz CT molecular complexity index is 514. The highest BCUT2D eigenvalue weighted by atomic mass is 35.5. The average molecular weight is 254 g/mol. The SMILES string of the molecule is OCc1cccc(-c2cccc(Cl)c2Cl)n1. The number of pyridine rings is 1. The molecule has 1 aromatic carbocycles. The summed E-state index contributed by atoms with van der Waals surface area (Å²) in [6, 6.07) is 10.8. The summed E-state index contributed by atoms with van der Waals surface area (Å²) in [4.78, 5) is 4.27. The van der Waals surface area contributed by atoms with E-state index in [1.807, 2.05) is 24.3 Å². The Morgan fingerprint density at radius 2 is 1.81 bits per heavy atom. The van der Waals surface area contributed by atoms with Crippen LogP contribution in [0.25, 0.3) is 11.3 Å². The molecule has 2 rings (SSSR count). The molecule has 0 atom stereocenters. The molecule has 0 saturated carbocycles. The van der Waals surface area contributed by atoms with Crippen molar-refractivity contribution < 1.29 is 5.11 Å². The summed E-state index contributed by atoms with van der Waals surface area (Å²) in [5.41, 5.74) is 2.08. The molecule has 0 aliphatic heterocycles. The number of halogens is 2. The fourth-order valence-corrected chi connectivity index (χ4v) is 1.82. The molecule has 0 spiro atoms. The molecule has 1 heterocycles. The number of aliphatic hydroxyl groups excluding tert-OH is 1. The number of benzene rings is 1. The Morgan fingerprint density at radius 1 is 1.06 bits per heavy atom. The number of rotatable bonds is 2. The second-order valence-electron chi connectivity index (χ2n) is 3.27. The number of aliphatic hydroxyl groups is 1. The highest BCUT2D eigenvalue weighted by Crippen LogP contribution is 2.32. The molecule has 1 N–H and O–H groups in total. The third-order valence-electron chi connectivity index (χ3n) is 2.20. The molecule has 0 aliphatic rings. The number of aromatic nitrogens is 1. The van der Waals surface area contributed by atoms with Crippen molar-refractivity contribution in [2.45, 2.75) is 6.61 Å². The maximum absolute atomic E-state index is 9.01. The first-order valence-corrected chi connectivity index (χ1v) is 5.49. The van der Waals surface area contributed by atoms with Crippen molar-refractivity contribution in [3.8, 4) is 11.3 Å². The first-order chi connectivity index (χ1) is 7.72. The molecule has 0 radical (unpaired) electrons. The van der Waals surface area contributed by atoms with Crippen molar-refractivity contribution in [2.75, 3.05) is 0 Å². The van der Waals surface area contributed by atoms with Crippen molar-refractivity contribution in [3.63, 3.8) is 0 Å². The quantitative estimate of drug-likeness (QED) is 0.888. The summed E-state index contributed by atoms with van der Waals surface area (Å²) in [5.74, 6) is 0. The maximum Gasteiger partial charge on any atom is 0.0853 e. The molecule has 0 saturated heterocycles. The Labute approximate surface area is 103 Å². The topological polar surface area (TPSA) is 33.1 Å². The first-order valence-electron chi connectivity index (χ1n) is 4.73. The minimum absolute atomic E-state index is 0.0912. The molecule has 0 unspecified atom stereocenters. The van der Waals surface area contributed by atoms with Crippen LogP contribution in [-0.2, 0) is 6.61 Å². The molecule has 82 valence electrons. The number of hydrogen-bond acceptors (Lipinski definition) is 2. The lowest BCUT2D eigenvalue weighted by Gasteiger charge is -2.06. The molecule has 0 aliphatic carbocycles. The van der Waals surface area contributed by atoms with Crippen LogP contribution in [0, 0.1) is 0 Å². The summed E-state index contributed by atoms with van der Waals surface area (Å²) in [7, 11) is 0. The molecule has 0 amide bonds. The van der Waals surface area contributed by atoms with E-state index in [1.165, 1.54) is 0 Å². The fraction of sp³-hybridized carbons (Fsp3) is 0.0833. The Hall–Kier alpha value is -1.09. The van der Waals surface area contributed by atoms with Gasteiger partial charge in [0.25, 0.3) is 0 Å². The van der Waals surface area contributed by atoms with Gasteiger partial charge in [-0.25, -0.2) is 0 Å². The molecule has 16 heavy (non-hydrogen) atoms. The lowest BCUT2D eigenvalue weighted by molar-refractivity contribution is 0.277. The van der Waals surface area contributed by atoms with Gasteiger partial charge < -0.3 is 5.11 Å². The van der Waals surface area contributed by atoms with Gasteiger partial charge in [0.15, 0.2) is 0 Å². The van der Waals surface area contributed by atoms with Crippen LogP contribution in [0.3, 0.4) is 0 Å². The molecular weight excluding hydrogens is 245 g/mol. The van der Waals surface area contributed by atoms with Gasteiger partial charge in [0.2, 0.25) is 0 Å². The second kappa shape index (κ2) is 4.83. The van der Waals surface area contributed by atoms with Crippen LogP contribution < -0.4 is 0 Å². The summed E-state index contributed by atoms with van der Waals surface area (Å²) < 4.78 is 0. The van der Waals surface area contributed by atoms with Gasteiger partial charge in [0.05, 0.1) is 28.0 Å². The van der Waals surface area contributed by atoms with E-state index in [0.29, 0.717) is 21.4 Å². The highest BCUT2D eigenvalue weighted by molar-refractivity contribution is 6.43. The largest absolute Gasteiger partial charge is 0.390 e. The van der Waals surface area contributed by atoms with Crippen molar-refractivity contribution in [1.29, 1.82) is 0 Å². The Balaban J connectivity index is 2.54. The predicted molar refractivity (Wildman–Crippen MR) is 65.6 cm³/mol. The zero-order chi connectivity index (χ0) is 11.5. The van der Waals surface area contributed by atoms with Crippen LogP contribution in [0.4, 0.5) is 0 Å². The maximum atomic E-state index is 9.01. The van der Waals surface area contributed by atoms with Gasteiger partial charge in [-0.15, -0.1) is 0 Å². The minimum atomic E-state index is -0.0912. The zero-order valence-corrected chi connectivity index (χ0v) is 9.83. The van der Waals surface area contributed by atoms with Gasteiger partial charge in [-0.3, -0.25) is 4.98 Å². The van der Waals surface area contributed by atoms with E-state index in [-0.39, 0.29) is 6.61 Å². The smallest absolute Gasteiger partial charge is 0.0853 e. The van der Waals surface area contributed by atoms with Gasteiger partial charge in [-0.1, -0.05) is 41.4 Å². The van der Waals surface area contributed by atoms with Crippen LogP contribution in [0.2, 0.25) is 10.0 Å². The Kier molecular flexibility index (Phi) is 3.44. The van der Waals surface area contributed by atoms with E-state index in [9.17, 15) is 0 Å². The van der Waals surface area contributed by atoms with E-state index in [1.54, 1.807) is 12.1 Å². The molecule has 4 heteroatoms. The summed E-state index contributed by atoms with van der Waals surface area (Å²) >= 11 is 12.0. The van der Waals surface area contributed by atoms with Gasteiger partial charge >= 0.3 is 0 Å². The van der Waals surface area contributed by atoms with Crippen molar-refractivity contribution in [2.24, 2.45) is 0 Å². The van der Waals surface area contributed by atoms with Crippen LogP contribution in [0.1, 0.15) is 5.69 Å². The van der Waals surface area contributed by atoms with Crippen LogP contribution in [0.5, 0.6) is 0 Å². The minimum Gasteiger partial charge on any atom is -0.390 e. The standard InChI is InChI=1S/C12H9Cl2NO/c13-10-5-2-4-9(12(10)14)11-6-1-3-8(7-16)15-11/h1-6,16H,7H2. The summed E-state index contributed by atoms with van der Waals surface area (Å²) in [6.45, 7) is -0.0912. The first kappa shape index (κ1) is 11.4. The van der Waals surface area contributed by atoms with Gasteiger partial charge in [-0.05, 0) is 18.2 Å². The van der Waals surface area contributed by atoms with Crippen LogP contribution >= 0.6 is 23.2 Å². The van der Waals surface area contributed by atoms with Crippen LogP contribution in [0.15, 0.2) is 36.4 Å².